The molecule has 20 heavy (non-hydrogen) atoms. The smallest absolute Gasteiger partial charge is 0.167 e. The molecule has 1 aliphatic carbocycles. The Morgan fingerprint density at radius 2 is 1.95 bits per heavy atom. The fourth-order valence-corrected chi connectivity index (χ4v) is 2.90. The van der Waals surface area contributed by atoms with Crippen LogP contribution >= 0.6 is 11.6 Å². The van der Waals surface area contributed by atoms with Gasteiger partial charge in [-0.3, -0.25) is 4.79 Å². The topological polar surface area (TPSA) is 17.1 Å². The molecule has 0 amide bonds. The molecule has 0 aromatic heterocycles. The second-order valence-electron chi connectivity index (χ2n) is 5.15. The number of rotatable bonds is 3. The highest BCUT2D eigenvalue weighted by Gasteiger charge is 2.16. The van der Waals surface area contributed by atoms with Crippen molar-refractivity contribution in [1.82, 2.24) is 0 Å². The Balaban J connectivity index is 1.84. The van der Waals surface area contributed by atoms with Crippen LogP contribution in [-0.4, -0.2) is 5.78 Å². The molecular weight excluding hydrogens is 275 g/mol. The summed E-state index contributed by atoms with van der Waals surface area (Å²) in [6.07, 6.45) is 3.32. The SMILES string of the molecule is O=C(Cc1cccc(Cl)c1F)c1ccc2c(c1)CCC2. The third-order valence-corrected chi connectivity index (χ3v) is 4.09. The van der Waals surface area contributed by atoms with Gasteiger partial charge in [-0.05, 0) is 48.1 Å². The van der Waals surface area contributed by atoms with Gasteiger partial charge in [-0.1, -0.05) is 35.9 Å². The van der Waals surface area contributed by atoms with E-state index >= 15 is 0 Å². The summed E-state index contributed by atoms with van der Waals surface area (Å²) < 4.78 is 13.8. The first-order valence-electron chi connectivity index (χ1n) is 6.73. The highest BCUT2D eigenvalue weighted by Crippen LogP contribution is 2.24. The molecular formula is C17H14ClFO. The summed E-state index contributed by atoms with van der Waals surface area (Å²) in [7, 11) is 0. The minimum Gasteiger partial charge on any atom is -0.294 e. The van der Waals surface area contributed by atoms with E-state index in [-0.39, 0.29) is 17.2 Å². The van der Waals surface area contributed by atoms with Crippen molar-refractivity contribution in [1.29, 1.82) is 0 Å². The van der Waals surface area contributed by atoms with Crippen LogP contribution in [0.3, 0.4) is 0 Å². The first-order valence-corrected chi connectivity index (χ1v) is 7.11. The number of carbonyl (C=O) groups excluding carboxylic acids is 1. The number of hydrogen-bond acceptors (Lipinski definition) is 1. The molecule has 0 unspecified atom stereocenters. The molecule has 0 spiro atoms. The lowest BCUT2D eigenvalue weighted by Crippen LogP contribution is -2.06. The number of ketones is 1. The fourth-order valence-electron chi connectivity index (χ4n) is 2.71. The minimum absolute atomic E-state index is 0.0468. The van der Waals surface area contributed by atoms with E-state index in [0.29, 0.717) is 11.1 Å². The first kappa shape index (κ1) is 13.3. The molecule has 0 N–H and O–H groups in total. The van der Waals surface area contributed by atoms with Crippen molar-refractivity contribution in [2.75, 3.05) is 0 Å². The van der Waals surface area contributed by atoms with Crippen LogP contribution in [0, 0.1) is 5.82 Å². The molecule has 0 atom stereocenters. The van der Waals surface area contributed by atoms with Gasteiger partial charge in [0.05, 0.1) is 5.02 Å². The van der Waals surface area contributed by atoms with Crippen LogP contribution < -0.4 is 0 Å². The lowest BCUT2D eigenvalue weighted by atomic mass is 9.99. The second kappa shape index (κ2) is 5.37. The van der Waals surface area contributed by atoms with Crippen molar-refractivity contribution in [2.45, 2.75) is 25.7 Å². The van der Waals surface area contributed by atoms with Crippen LogP contribution in [0.25, 0.3) is 0 Å². The quantitative estimate of drug-likeness (QED) is 0.766. The molecule has 2 aromatic rings. The van der Waals surface area contributed by atoms with Crippen LogP contribution in [0.1, 0.15) is 33.5 Å². The molecule has 3 rings (SSSR count). The predicted molar refractivity (Wildman–Crippen MR) is 77.9 cm³/mol. The van der Waals surface area contributed by atoms with Crippen molar-refractivity contribution >= 4 is 17.4 Å². The van der Waals surface area contributed by atoms with E-state index in [1.807, 2.05) is 18.2 Å². The molecule has 2 aromatic carbocycles. The molecule has 0 fully saturated rings. The standard InChI is InChI=1S/C17H14ClFO/c18-15-6-2-5-14(17(15)19)10-16(20)13-8-7-11-3-1-4-12(11)9-13/h2,5-9H,1,3-4,10H2. The zero-order valence-corrected chi connectivity index (χ0v) is 11.7. The lowest BCUT2D eigenvalue weighted by molar-refractivity contribution is 0.0992. The Morgan fingerprint density at radius 1 is 1.15 bits per heavy atom. The average Bonchev–Trinajstić information content (AvgIpc) is 2.91. The molecule has 1 aliphatic rings. The van der Waals surface area contributed by atoms with Crippen LogP contribution in [0.5, 0.6) is 0 Å². The highest BCUT2D eigenvalue weighted by molar-refractivity contribution is 6.30. The third-order valence-electron chi connectivity index (χ3n) is 3.80. The second-order valence-corrected chi connectivity index (χ2v) is 5.56. The van der Waals surface area contributed by atoms with Crippen LogP contribution in [0.15, 0.2) is 36.4 Å². The van der Waals surface area contributed by atoms with E-state index in [4.69, 9.17) is 11.6 Å². The van der Waals surface area contributed by atoms with Crippen molar-refractivity contribution in [3.63, 3.8) is 0 Å². The normalized spacial score (nSPS) is 13.3. The predicted octanol–water partition coefficient (Wildman–Crippen LogP) is 4.39. The van der Waals surface area contributed by atoms with Gasteiger partial charge in [-0.15, -0.1) is 0 Å². The van der Waals surface area contributed by atoms with E-state index in [9.17, 15) is 9.18 Å². The number of halogens is 2. The Labute approximate surface area is 122 Å². The van der Waals surface area contributed by atoms with Gasteiger partial charge in [-0.25, -0.2) is 4.39 Å². The molecule has 1 nitrogen and oxygen atoms in total. The highest BCUT2D eigenvalue weighted by atomic mass is 35.5. The van der Waals surface area contributed by atoms with Gasteiger partial charge < -0.3 is 0 Å². The van der Waals surface area contributed by atoms with Crippen LogP contribution in [-0.2, 0) is 19.3 Å². The van der Waals surface area contributed by atoms with Gasteiger partial charge in [0.25, 0.3) is 0 Å². The zero-order chi connectivity index (χ0) is 14.1. The Bertz CT molecular complexity index is 679. The van der Waals surface area contributed by atoms with Crippen molar-refractivity contribution in [3.8, 4) is 0 Å². The van der Waals surface area contributed by atoms with Crippen LogP contribution in [0.2, 0.25) is 5.02 Å². The van der Waals surface area contributed by atoms with E-state index in [0.717, 1.165) is 19.3 Å². The van der Waals surface area contributed by atoms with Crippen LogP contribution in [0.4, 0.5) is 4.39 Å². The Hall–Kier alpha value is -1.67. The summed E-state index contributed by atoms with van der Waals surface area (Å²) in [5.74, 6) is -0.565. The molecule has 0 radical (unpaired) electrons. The van der Waals surface area contributed by atoms with E-state index in [1.165, 1.54) is 17.2 Å². The first-order chi connectivity index (χ1) is 9.65. The molecule has 102 valence electrons. The number of hydrogen-bond donors (Lipinski definition) is 0. The van der Waals surface area contributed by atoms with E-state index < -0.39 is 5.82 Å². The van der Waals surface area contributed by atoms with E-state index in [1.54, 1.807) is 12.1 Å². The summed E-state index contributed by atoms with van der Waals surface area (Å²) in [6.45, 7) is 0. The molecule has 3 heteroatoms. The zero-order valence-electron chi connectivity index (χ0n) is 11.0. The van der Waals surface area contributed by atoms with E-state index in [2.05, 4.69) is 0 Å². The maximum absolute atomic E-state index is 13.8. The van der Waals surface area contributed by atoms with Crippen molar-refractivity contribution in [2.24, 2.45) is 0 Å². The number of Topliss-reactive ketones (excluding diaryl/α,β-unsaturated/α-hetero) is 1. The summed E-state index contributed by atoms with van der Waals surface area (Å²) in [6, 6.07) is 10.6. The van der Waals surface area contributed by atoms with Gasteiger partial charge in [0.1, 0.15) is 5.82 Å². The number of carbonyl (C=O) groups is 1. The summed E-state index contributed by atoms with van der Waals surface area (Å²) in [5, 5.41) is 0.0595. The maximum atomic E-state index is 13.8. The third kappa shape index (κ3) is 2.48. The minimum atomic E-state index is -0.497. The number of aryl methyl sites for hydroxylation is 2. The number of fused-ring (bicyclic) bond motifs is 1. The average molecular weight is 289 g/mol. The van der Waals surface area contributed by atoms with Gasteiger partial charge in [0.15, 0.2) is 5.78 Å². The summed E-state index contributed by atoms with van der Waals surface area (Å²) in [5.41, 5.74) is 3.59. The lowest BCUT2D eigenvalue weighted by Gasteiger charge is -2.06. The molecule has 0 saturated carbocycles. The van der Waals surface area contributed by atoms with Gasteiger partial charge in [-0.2, -0.15) is 0 Å². The molecule has 0 saturated heterocycles. The maximum Gasteiger partial charge on any atom is 0.167 e. The van der Waals surface area contributed by atoms with Crippen molar-refractivity contribution in [3.05, 3.63) is 69.5 Å². The molecule has 0 bridgehead atoms. The fraction of sp³-hybridized carbons (Fsp3) is 0.235. The van der Waals surface area contributed by atoms with Gasteiger partial charge >= 0.3 is 0 Å². The largest absolute Gasteiger partial charge is 0.294 e. The molecule has 0 aliphatic heterocycles. The Morgan fingerprint density at radius 3 is 2.80 bits per heavy atom. The molecule has 0 heterocycles. The van der Waals surface area contributed by atoms with Gasteiger partial charge in [0.2, 0.25) is 0 Å². The summed E-state index contributed by atoms with van der Waals surface area (Å²) >= 11 is 5.73. The monoisotopic (exact) mass is 288 g/mol. The van der Waals surface area contributed by atoms with Crippen molar-refractivity contribution < 1.29 is 9.18 Å². The Kier molecular flexibility index (Phi) is 3.58. The number of benzene rings is 2. The summed E-state index contributed by atoms with van der Waals surface area (Å²) in [4.78, 5) is 12.3. The van der Waals surface area contributed by atoms with Gasteiger partial charge in [0, 0.05) is 12.0 Å².